The van der Waals surface area contributed by atoms with E-state index < -0.39 is 5.54 Å². The maximum absolute atomic E-state index is 12.7. The third kappa shape index (κ3) is 5.68. The summed E-state index contributed by atoms with van der Waals surface area (Å²) in [6.07, 6.45) is 5.59. The van der Waals surface area contributed by atoms with Gasteiger partial charge < -0.3 is 10.6 Å². The van der Waals surface area contributed by atoms with Gasteiger partial charge in [-0.3, -0.25) is 19.4 Å². The maximum atomic E-state index is 12.7. The molecule has 1 aliphatic carbocycles. The van der Waals surface area contributed by atoms with Gasteiger partial charge in [0.25, 0.3) is 0 Å². The molecule has 1 aliphatic heterocycles. The van der Waals surface area contributed by atoms with E-state index in [1.54, 1.807) is 0 Å². The Bertz CT molecular complexity index is 517. The molecule has 1 saturated carbocycles. The van der Waals surface area contributed by atoms with E-state index in [2.05, 4.69) is 26.5 Å². The third-order valence-corrected chi connectivity index (χ3v) is 5.56. The molecule has 1 unspecified atom stereocenters. The Kier molecular flexibility index (Phi) is 7.85. The summed E-state index contributed by atoms with van der Waals surface area (Å²) in [6.45, 7) is 8.16. The van der Waals surface area contributed by atoms with Gasteiger partial charge in [0.2, 0.25) is 11.8 Å². The quantitative estimate of drug-likeness (QED) is 0.700. The highest BCUT2D eigenvalue weighted by atomic mass is 16.2. The molecule has 2 amide bonds. The summed E-state index contributed by atoms with van der Waals surface area (Å²) in [5.74, 6) is 0.0157. The summed E-state index contributed by atoms with van der Waals surface area (Å²) < 4.78 is 0. The molecule has 0 aromatic carbocycles. The number of nitrogens with one attached hydrogen (secondary N) is 2. The van der Waals surface area contributed by atoms with Crippen molar-refractivity contribution in [2.45, 2.75) is 64.0 Å². The van der Waals surface area contributed by atoms with Crippen LogP contribution in [0, 0.1) is 11.3 Å². The zero-order chi connectivity index (χ0) is 19.0. The molecule has 146 valence electrons. The monoisotopic (exact) mass is 363 g/mol. The van der Waals surface area contributed by atoms with Crippen molar-refractivity contribution < 1.29 is 9.59 Å². The number of nitrogens with zero attached hydrogens (tertiary/aromatic N) is 3. The van der Waals surface area contributed by atoms with Crippen LogP contribution in [0.4, 0.5) is 0 Å². The van der Waals surface area contributed by atoms with E-state index in [9.17, 15) is 14.9 Å². The summed E-state index contributed by atoms with van der Waals surface area (Å²) >= 11 is 0. The van der Waals surface area contributed by atoms with Crippen molar-refractivity contribution in [2.24, 2.45) is 0 Å². The molecule has 0 aromatic rings. The minimum Gasteiger partial charge on any atom is -0.355 e. The molecule has 2 rings (SSSR count). The standard InChI is InChI=1S/C19H33N5O2/c1-3-9-21-17(25)14-23-10-12-24(13-11-23)16(2)18(26)22-19(15-20)7-5-4-6-8-19/h16H,3-14H2,1-2H3,(H,21,25)(H,22,26). The van der Waals surface area contributed by atoms with E-state index in [1.807, 2.05) is 13.8 Å². The number of carbonyl (C=O) groups excluding carboxylic acids is 2. The highest BCUT2D eigenvalue weighted by molar-refractivity contribution is 5.82. The molecule has 26 heavy (non-hydrogen) atoms. The van der Waals surface area contributed by atoms with Crippen molar-refractivity contribution in [1.29, 1.82) is 5.26 Å². The number of amides is 2. The first-order valence-electron chi connectivity index (χ1n) is 9.96. The Morgan fingerprint density at radius 3 is 2.38 bits per heavy atom. The van der Waals surface area contributed by atoms with E-state index in [0.29, 0.717) is 6.54 Å². The van der Waals surface area contributed by atoms with Crippen molar-refractivity contribution in [2.75, 3.05) is 39.3 Å². The average molecular weight is 364 g/mol. The van der Waals surface area contributed by atoms with Gasteiger partial charge in [0, 0.05) is 32.7 Å². The lowest BCUT2D eigenvalue weighted by atomic mass is 9.82. The Hall–Kier alpha value is -1.65. The minimum atomic E-state index is -0.678. The molecule has 7 nitrogen and oxygen atoms in total. The van der Waals surface area contributed by atoms with Gasteiger partial charge in [0.15, 0.2) is 0 Å². The van der Waals surface area contributed by atoms with Gasteiger partial charge in [0.1, 0.15) is 5.54 Å². The summed E-state index contributed by atoms with van der Waals surface area (Å²) in [6, 6.07) is 2.10. The Labute approximate surface area is 157 Å². The number of hydrogen-bond donors (Lipinski definition) is 2. The summed E-state index contributed by atoms with van der Waals surface area (Å²) in [5.41, 5.74) is -0.678. The lowest BCUT2D eigenvalue weighted by Gasteiger charge is -2.39. The Balaban J connectivity index is 1.78. The SMILES string of the molecule is CCCNC(=O)CN1CCN(C(C)C(=O)NC2(C#N)CCCCC2)CC1. The van der Waals surface area contributed by atoms with Gasteiger partial charge in [-0.25, -0.2) is 0 Å². The molecule has 1 heterocycles. The van der Waals surface area contributed by atoms with Crippen LogP contribution in [0.15, 0.2) is 0 Å². The molecule has 2 N–H and O–H groups in total. The largest absolute Gasteiger partial charge is 0.355 e. The highest BCUT2D eigenvalue weighted by Crippen LogP contribution is 2.27. The van der Waals surface area contributed by atoms with Crippen LogP contribution in [0.2, 0.25) is 0 Å². The van der Waals surface area contributed by atoms with Gasteiger partial charge in [0.05, 0.1) is 18.7 Å². The van der Waals surface area contributed by atoms with Crippen LogP contribution in [0.5, 0.6) is 0 Å². The Morgan fingerprint density at radius 1 is 1.15 bits per heavy atom. The van der Waals surface area contributed by atoms with Crippen LogP contribution >= 0.6 is 0 Å². The van der Waals surface area contributed by atoms with Gasteiger partial charge in [-0.05, 0) is 26.2 Å². The number of rotatable bonds is 7. The van der Waals surface area contributed by atoms with E-state index in [-0.39, 0.29) is 17.9 Å². The van der Waals surface area contributed by atoms with Crippen molar-refractivity contribution in [1.82, 2.24) is 20.4 Å². The van der Waals surface area contributed by atoms with E-state index >= 15 is 0 Å². The fraction of sp³-hybridized carbons (Fsp3) is 0.842. The van der Waals surface area contributed by atoms with Crippen molar-refractivity contribution in [3.8, 4) is 6.07 Å². The fourth-order valence-electron chi connectivity index (χ4n) is 3.76. The van der Waals surface area contributed by atoms with Gasteiger partial charge in [-0.2, -0.15) is 5.26 Å². The Morgan fingerprint density at radius 2 is 1.81 bits per heavy atom. The van der Waals surface area contributed by atoms with Gasteiger partial charge in [-0.1, -0.05) is 26.2 Å². The van der Waals surface area contributed by atoms with Crippen LogP contribution in [0.25, 0.3) is 0 Å². The van der Waals surface area contributed by atoms with Crippen LogP contribution in [0.3, 0.4) is 0 Å². The summed E-state index contributed by atoms with van der Waals surface area (Å²) in [7, 11) is 0. The predicted molar refractivity (Wildman–Crippen MR) is 100 cm³/mol. The molecular formula is C19H33N5O2. The molecule has 2 aliphatic rings. The normalized spacial score (nSPS) is 22.2. The first-order valence-corrected chi connectivity index (χ1v) is 9.96. The summed E-state index contributed by atoms with van der Waals surface area (Å²) in [4.78, 5) is 28.8. The molecular weight excluding hydrogens is 330 g/mol. The number of piperazine rings is 1. The van der Waals surface area contributed by atoms with Gasteiger partial charge in [-0.15, -0.1) is 0 Å². The zero-order valence-electron chi connectivity index (χ0n) is 16.2. The zero-order valence-corrected chi connectivity index (χ0v) is 16.2. The summed E-state index contributed by atoms with van der Waals surface area (Å²) in [5, 5.41) is 15.5. The average Bonchev–Trinajstić information content (AvgIpc) is 2.67. The molecule has 0 aromatic heterocycles. The first-order chi connectivity index (χ1) is 12.5. The number of nitriles is 1. The van der Waals surface area contributed by atoms with Crippen LogP contribution in [-0.2, 0) is 9.59 Å². The molecule has 2 fully saturated rings. The van der Waals surface area contributed by atoms with Crippen LogP contribution in [0.1, 0.15) is 52.4 Å². The fourth-order valence-corrected chi connectivity index (χ4v) is 3.76. The van der Waals surface area contributed by atoms with Crippen molar-refractivity contribution >= 4 is 11.8 Å². The molecule has 7 heteroatoms. The first kappa shape index (κ1) is 20.7. The van der Waals surface area contributed by atoms with Crippen LogP contribution < -0.4 is 10.6 Å². The lowest BCUT2D eigenvalue weighted by molar-refractivity contribution is -0.129. The smallest absolute Gasteiger partial charge is 0.238 e. The maximum Gasteiger partial charge on any atom is 0.238 e. The second-order valence-electron chi connectivity index (χ2n) is 7.58. The van der Waals surface area contributed by atoms with Crippen molar-refractivity contribution in [3.05, 3.63) is 0 Å². The van der Waals surface area contributed by atoms with Crippen LogP contribution in [-0.4, -0.2) is 72.5 Å². The topological polar surface area (TPSA) is 88.5 Å². The van der Waals surface area contributed by atoms with E-state index in [0.717, 1.165) is 71.2 Å². The number of hydrogen-bond acceptors (Lipinski definition) is 5. The lowest BCUT2D eigenvalue weighted by Crippen LogP contribution is -2.58. The van der Waals surface area contributed by atoms with E-state index in [4.69, 9.17) is 0 Å². The molecule has 0 bridgehead atoms. The molecule has 1 saturated heterocycles. The number of carbonyl (C=O) groups is 2. The third-order valence-electron chi connectivity index (χ3n) is 5.56. The minimum absolute atomic E-state index is 0.0532. The van der Waals surface area contributed by atoms with Crippen molar-refractivity contribution in [3.63, 3.8) is 0 Å². The predicted octanol–water partition coefficient (Wildman–Crippen LogP) is 0.861. The van der Waals surface area contributed by atoms with E-state index in [1.165, 1.54) is 0 Å². The molecule has 0 spiro atoms. The highest BCUT2D eigenvalue weighted by Gasteiger charge is 2.36. The molecule has 1 atom stereocenters. The van der Waals surface area contributed by atoms with Gasteiger partial charge >= 0.3 is 0 Å². The second-order valence-corrected chi connectivity index (χ2v) is 7.58. The molecule has 0 radical (unpaired) electrons. The second kappa shape index (κ2) is 9.89.